The summed E-state index contributed by atoms with van der Waals surface area (Å²) >= 11 is 1.69. The first-order chi connectivity index (χ1) is 12.0. The lowest BCUT2D eigenvalue weighted by Crippen LogP contribution is -2.51. The number of thiophene rings is 1. The summed E-state index contributed by atoms with van der Waals surface area (Å²) in [5.74, 6) is 0.338. The van der Waals surface area contributed by atoms with Crippen molar-refractivity contribution in [2.45, 2.75) is 33.1 Å². The number of hydrogen-bond acceptors (Lipinski definition) is 3. The Morgan fingerprint density at radius 1 is 1.12 bits per heavy atom. The quantitative estimate of drug-likeness (QED) is 0.892. The average Bonchev–Trinajstić information content (AvgIpc) is 3.22. The second-order valence-corrected chi connectivity index (χ2v) is 7.65. The van der Waals surface area contributed by atoms with Gasteiger partial charge in [0.15, 0.2) is 0 Å². The molecule has 1 aliphatic rings. The average molecular weight is 359 g/mol. The van der Waals surface area contributed by atoms with Crippen LogP contribution in [0.2, 0.25) is 0 Å². The molecular weight excluding hydrogens is 334 g/mol. The highest BCUT2D eigenvalue weighted by molar-refractivity contribution is 7.09. The molecule has 2 aromatic heterocycles. The molecule has 3 heterocycles. The second-order valence-electron chi connectivity index (χ2n) is 6.62. The number of hydrogen-bond donors (Lipinski definition) is 1. The Morgan fingerprint density at radius 2 is 1.80 bits per heavy atom. The summed E-state index contributed by atoms with van der Waals surface area (Å²) in [5, 5.41) is 2.04. The fourth-order valence-corrected chi connectivity index (χ4v) is 4.00. The molecule has 5 nitrogen and oxygen atoms in total. The van der Waals surface area contributed by atoms with Crippen LogP contribution in [-0.2, 0) is 22.4 Å². The molecule has 1 fully saturated rings. The summed E-state index contributed by atoms with van der Waals surface area (Å²) in [4.78, 5) is 33.1. The van der Waals surface area contributed by atoms with Crippen molar-refractivity contribution in [3.63, 3.8) is 0 Å². The van der Waals surface area contributed by atoms with Crippen molar-refractivity contribution in [1.29, 1.82) is 0 Å². The van der Waals surface area contributed by atoms with Gasteiger partial charge < -0.3 is 14.8 Å². The van der Waals surface area contributed by atoms with Crippen LogP contribution in [0.25, 0.3) is 0 Å². The van der Waals surface area contributed by atoms with Crippen LogP contribution in [0, 0.1) is 13.8 Å². The van der Waals surface area contributed by atoms with Gasteiger partial charge in [-0.3, -0.25) is 9.59 Å². The predicted molar refractivity (Wildman–Crippen MR) is 99.8 cm³/mol. The van der Waals surface area contributed by atoms with Crippen LogP contribution in [0.1, 0.15) is 28.2 Å². The fraction of sp³-hybridized carbons (Fsp3) is 0.474. The smallest absolute Gasteiger partial charge is 0.227 e. The Morgan fingerprint density at radius 3 is 2.36 bits per heavy atom. The van der Waals surface area contributed by atoms with Crippen molar-refractivity contribution in [3.05, 3.63) is 45.4 Å². The molecule has 25 heavy (non-hydrogen) atoms. The molecule has 0 bridgehead atoms. The molecule has 2 aromatic rings. The van der Waals surface area contributed by atoms with Crippen LogP contribution in [0.15, 0.2) is 23.6 Å². The molecule has 0 atom stereocenters. The van der Waals surface area contributed by atoms with Gasteiger partial charge in [0, 0.05) is 48.9 Å². The van der Waals surface area contributed by atoms with E-state index in [4.69, 9.17) is 0 Å². The minimum Gasteiger partial charge on any atom is -0.362 e. The number of amides is 2. The summed E-state index contributed by atoms with van der Waals surface area (Å²) in [6.07, 6.45) is 1.79. The van der Waals surface area contributed by atoms with E-state index in [9.17, 15) is 9.59 Å². The van der Waals surface area contributed by atoms with E-state index in [0.29, 0.717) is 39.0 Å². The lowest BCUT2D eigenvalue weighted by atomic mass is 10.1. The highest BCUT2D eigenvalue weighted by atomic mass is 32.1. The van der Waals surface area contributed by atoms with Gasteiger partial charge in [-0.05, 0) is 43.3 Å². The predicted octanol–water partition coefficient (Wildman–Crippen LogP) is 2.54. The molecule has 1 N–H and O–H groups in total. The van der Waals surface area contributed by atoms with Crippen molar-refractivity contribution in [3.8, 4) is 0 Å². The Bertz CT molecular complexity index is 728. The number of H-pyrrole nitrogens is 1. The van der Waals surface area contributed by atoms with Gasteiger partial charge in [-0.25, -0.2) is 0 Å². The van der Waals surface area contributed by atoms with Crippen molar-refractivity contribution in [2.75, 3.05) is 26.2 Å². The third-order valence-electron chi connectivity index (χ3n) is 4.75. The number of piperazine rings is 1. The number of aromatic nitrogens is 1. The molecule has 0 aromatic carbocycles. The van der Waals surface area contributed by atoms with E-state index in [1.165, 1.54) is 4.88 Å². The number of carbonyl (C=O) groups excluding carboxylic acids is 2. The van der Waals surface area contributed by atoms with Crippen molar-refractivity contribution < 1.29 is 9.59 Å². The summed E-state index contributed by atoms with van der Waals surface area (Å²) in [6.45, 7) is 6.54. The van der Waals surface area contributed by atoms with Crippen molar-refractivity contribution in [1.82, 2.24) is 14.8 Å². The molecule has 1 aliphatic heterocycles. The van der Waals surface area contributed by atoms with E-state index >= 15 is 0 Å². The van der Waals surface area contributed by atoms with Gasteiger partial charge in [0.1, 0.15) is 0 Å². The molecule has 1 saturated heterocycles. The van der Waals surface area contributed by atoms with Crippen molar-refractivity contribution >= 4 is 23.2 Å². The van der Waals surface area contributed by atoms with Crippen LogP contribution in [-0.4, -0.2) is 52.8 Å². The summed E-state index contributed by atoms with van der Waals surface area (Å²) in [7, 11) is 0. The van der Waals surface area contributed by atoms with Gasteiger partial charge in [-0.1, -0.05) is 6.07 Å². The van der Waals surface area contributed by atoms with Gasteiger partial charge in [0.2, 0.25) is 11.8 Å². The minimum absolute atomic E-state index is 0.146. The van der Waals surface area contributed by atoms with E-state index in [1.54, 1.807) is 11.3 Å². The van der Waals surface area contributed by atoms with Gasteiger partial charge in [0.25, 0.3) is 0 Å². The Hall–Kier alpha value is -2.08. The lowest BCUT2D eigenvalue weighted by Gasteiger charge is -2.35. The zero-order chi connectivity index (χ0) is 17.8. The standard InChI is InChI=1S/C19H25N3O2S/c1-14-12-16(15(2)20-14)13-19(24)22-9-7-21(8-10-22)18(23)6-5-17-4-3-11-25-17/h3-4,11-12,20H,5-10,13H2,1-2H3. The lowest BCUT2D eigenvalue weighted by molar-refractivity contribution is -0.139. The van der Waals surface area contributed by atoms with Crippen molar-refractivity contribution in [2.24, 2.45) is 0 Å². The molecule has 134 valence electrons. The maximum Gasteiger partial charge on any atom is 0.227 e. The molecule has 3 rings (SSSR count). The van der Waals surface area contributed by atoms with E-state index in [0.717, 1.165) is 23.4 Å². The zero-order valence-corrected chi connectivity index (χ0v) is 15.7. The molecule has 2 amide bonds. The normalized spacial score (nSPS) is 14.8. The first-order valence-electron chi connectivity index (χ1n) is 8.76. The summed E-state index contributed by atoms with van der Waals surface area (Å²) in [5.41, 5.74) is 3.21. The van der Waals surface area contributed by atoms with Crippen LogP contribution in [0.3, 0.4) is 0 Å². The molecule has 6 heteroatoms. The van der Waals surface area contributed by atoms with E-state index in [1.807, 2.05) is 41.2 Å². The first kappa shape index (κ1) is 17.7. The monoisotopic (exact) mass is 359 g/mol. The number of rotatable bonds is 5. The SMILES string of the molecule is Cc1cc(CC(=O)N2CCN(C(=O)CCc3cccs3)CC2)c(C)[nH]1. The molecule has 0 saturated carbocycles. The zero-order valence-electron chi connectivity index (χ0n) is 14.9. The van der Waals surface area contributed by atoms with Gasteiger partial charge in [-0.15, -0.1) is 11.3 Å². The molecule has 0 aliphatic carbocycles. The molecule has 0 spiro atoms. The van der Waals surface area contributed by atoms with Gasteiger partial charge in [0.05, 0.1) is 6.42 Å². The number of carbonyl (C=O) groups is 2. The van der Waals surface area contributed by atoms with E-state index in [-0.39, 0.29) is 11.8 Å². The Kier molecular flexibility index (Phi) is 5.58. The maximum atomic E-state index is 12.5. The van der Waals surface area contributed by atoms with Crippen LogP contribution >= 0.6 is 11.3 Å². The highest BCUT2D eigenvalue weighted by Gasteiger charge is 2.24. The number of nitrogens with zero attached hydrogens (tertiary/aromatic N) is 2. The second kappa shape index (κ2) is 7.87. The number of nitrogens with one attached hydrogen (secondary N) is 1. The summed E-state index contributed by atoms with van der Waals surface area (Å²) < 4.78 is 0. The topological polar surface area (TPSA) is 56.4 Å². The van der Waals surface area contributed by atoms with Crippen LogP contribution in [0.5, 0.6) is 0 Å². The van der Waals surface area contributed by atoms with Crippen LogP contribution in [0.4, 0.5) is 0 Å². The third-order valence-corrected chi connectivity index (χ3v) is 5.69. The maximum absolute atomic E-state index is 12.5. The number of aromatic amines is 1. The Balaban J connectivity index is 1.45. The van der Waals surface area contributed by atoms with E-state index in [2.05, 4.69) is 11.1 Å². The molecular formula is C19H25N3O2S. The highest BCUT2D eigenvalue weighted by Crippen LogP contribution is 2.14. The minimum atomic E-state index is 0.146. The van der Waals surface area contributed by atoms with E-state index < -0.39 is 0 Å². The largest absolute Gasteiger partial charge is 0.362 e. The third kappa shape index (κ3) is 4.51. The fourth-order valence-electron chi connectivity index (χ4n) is 3.29. The first-order valence-corrected chi connectivity index (χ1v) is 9.64. The molecule has 0 unspecified atom stereocenters. The van der Waals surface area contributed by atoms with Crippen LogP contribution < -0.4 is 0 Å². The van der Waals surface area contributed by atoms with Gasteiger partial charge >= 0.3 is 0 Å². The Labute approximate surface area is 152 Å². The number of aryl methyl sites for hydroxylation is 3. The summed E-state index contributed by atoms with van der Waals surface area (Å²) in [6, 6.07) is 6.12. The molecule has 0 radical (unpaired) electrons. The van der Waals surface area contributed by atoms with Gasteiger partial charge in [-0.2, -0.15) is 0 Å².